The van der Waals surface area contributed by atoms with Crippen LogP contribution in [0.25, 0.3) is 0 Å². The first kappa shape index (κ1) is 23.9. The Bertz CT molecular complexity index is 473. The molecule has 144 valence electrons. The summed E-state index contributed by atoms with van der Waals surface area (Å²) in [5, 5.41) is 6.55. The van der Waals surface area contributed by atoms with Crippen molar-refractivity contribution in [1.29, 1.82) is 0 Å². The quantitative estimate of drug-likeness (QED) is 0.320. The molecule has 0 saturated carbocycles. The fraction of sp³-hybridized carbons (Fsp3) is 0.938. The van der Waals surface area contributed by atoms with E-state index in [0.29, 0.717) is 37.9 Å². The Morgan fingerprint density at radius 3 is 2.21 bits per heavy atom. The minimum Gasteiger partial charge on any atom is -0.381 e. The largest absolute Gasteiger partial charge is 0.381 e. The topological polar surface area (TPSA) is 79.8 Å². The third-order valence-electron chi connectivity index (χ3n) is 4.77. The first-order valence-electron chi connectivity index (χ1n) is 8.68. The highest BCUT2D eigenvalue weighted by atomic mass is 127. The van der Waals surface area contributed by atoms with Crippen LogP contribution in [0.1, 0.15) is 46.5 Å². The van der Waals surface area contributed by atoms with Crippen LogP contribution in [0, 0.1) is 5.92 Å². The highest BCUT2D eigenvalue weighted by Gasteiger charge is 2.42. The molecule has 0 aliphatic carbocycles. The maximum Gasteiger partial charge on any atom is 0.191 e. The minimum absolute atomic E-state index is 0. The summed E-state index contributed by atoms with van der Waals surface area (Å²) >= 11 is 0. The predicted molar refractivity (Wildman–Crippen MR) is 111 cm³/mol. The van der Waals surface area contributed by atoms with Crippen LogP contribution in [0.15, 0.2) is 4.99 Å². The normalized spacial score (nSPS) is 18.1. The van der Waals surface area contributed by atoms with Crippen molar-refractivity contribution >= 4 is 39.8 Å². The van der Waals surface area contributed by atoms with Gasteiger partial charge in [-0.05, 0) is 25.7 Å². The van der Waals surface area contributed by atoms with Gasteiger partial charge in [0.25, 0.3) is 0 Å². The first-order valence-corrected chi connectivity index (χ1v) is 10.6. The van der Waals surface area contributed by atoms with Gasteiger partial charge in [-0.2, -0.15) is 0 Å². The maximum atomic E-state index is 12.3. The number of rotatable bonds is 8. The average molecular weight is 475 g/mol. The number of ether oxygens (including phenoxy) is 1. The molecule has 1 aliphatic heterocycles. The smallest absolute Gasteiger partial charge is 0.191 e. The van der Waals surface area contributed by atoms with Crippen molar-refractivity contribution in [2.45, 2.75) is 51.2 Å². The summed E-state index contributed by atoms with van der Waals surface area (Å²) < 4.78 is 29.1. The zero-order valence-electron chi connectivity index (χ0n) is 15.4. The molecule has 24 heavy (non-hydrogen) atoms. The SMILES string of the molecule is CCNC(=NCC1(S(C)(=O)=O)CCOCC1)NCC(CC)CC.I. The van der Waals surface area contributed by atoms with Crippen molar-refractivity contribution in [2.24, 2.45) is 10.9 Å². The number of hydrogen-bond donors (Lipinski definition) is 2. The summed E-state index contributed by atoms with van der Waals surface area (Å²) in [6.45, 7) is 9.24. The van der Waals surface area contributed by atoms with Gasteiger partial charge in [0.15, 0.2) is 15.8 Å². The van der Waals surface area contributed by atoms with Gasteiger partial charge in [0.05, 0.1) is 11.3 Å². The van der Waals surface area contributed by atoms with E-state index in [1.807, 2.05) is 6.92 Å². The molecule has 0 bridgehead atoms. The number of nitrogens with one attached hydrogen (secondary N) is 2. The highest BCUT2D eigenvalue weighted by molar-refractivity contribution is 14.0. The minimum atomic E-state index is -3.18. The number of hydrogen-bond acceptors (Lipinski definition) is 4. The molecule has 1 fully saturated rings. The molecule has 6 nitrogen and oxygen atoms in total. The van der Waals surface area contributed by atoms with Gasteiger partial charge < -0.3 is 15.4 Å². The van der Waals surface area contributed by atoms with Crippen LogP contribution in [0.4, 0.5) is 0 Å². The Hall–Kier alpha value is -0.0900. The molecule has 0 spiro atoms. The van der Waals surface area contributed by atoms with Gasteiger partial charge in [-0.25, -0.2) is 8.42 Å². The zero-order chi connectivity index (χ0) is 17.3. The summed E-state index contributed by atoms with van der Waals surface area (Å²) in [5.74, 6) is 1.31. The standard InChI is InChI=1S/C16H33N3O3S.HI/c1-5-14(6-2)12-18-15(17-7-3)19-13-16(23(4,20)21)8-10-22-11-9-16;/h14H,5-13H2,1-4H3,(H2,17,18,19);1H. The predicted octanol–water partition coefficient (Wildman–Crippen LogP) is 2.19. The van der Waals surface area contributed by atoms with Gasteiger partial charge in [-0.1, -0.05) is 26.7 Å². The van der Waals surface area contributed by atoms with E-state index >= 15 is 0 Å². The first-order chi connectivity index (χ1) is 10.9. The van der Waals surface area contributed by atoms with E-state index < -0.39 is 14.6 Å². The van der Waals surface area contributed by atoms with Crippen molar-refractivity contribution in [2.75, 3.05) is 39.1 Å². The van der Waals surface area contributed by atoms with Gasteiger partial charge in [0.2, 0.25) is 0 Å². The van der Waals surface area contributed by atoms with E-state index in [1.165, 1.54) is 6.26 Å². The van der Waals surface area contributed by atoms with Crippen LogP contribution in [0.5, 0.6) is 0 Å². The van der Waals surface area contributed by atoms with Crippen LogP contribution in [0.3, 0.4) is 0 Å². The lowest BCUT2D eigenvalue weighted by Crippen LogP contribution is -2.47. The third kappa shape index (κ3) is 7.03. The number of halogens is 1. The fourth-order valence-corrected chi connectivity index (χ4v) is 3.98. The molecule has 0 aromatic rings. The van der Waals surface area contributed by atoms with Crippen LogP contribution >= 0.6 is 24.0 Å². The van der Waals surface area contributed by atoms with E-state index in [2.05, 4.69) is 29.5 Å². The van der Waals surface area contributed by atoms with Crippen LogP contribution in [-0.2, 0) is 14.6 Å². The monoisotopic (exact) mass is 475 g/mol. The molecule has 0 aromatic carbocycles. The number of guanidine groups is 1. The molecular weight excluding hydrogens is 441 g/mol. The van der Waals surface area contributed by atoms with Crippen LogP contribution in [0.2, 0.25) is 0 Å². The van der Waals surface area contributed by atoms with Crippen molar-refractivity contribution in [3.05, 3.63) is 0 Å². The molecule has 0 radical (unpaired) electrons. The molecule has 2 N–H and O–H groups in total. The summed E-state index contributed by atoms with van der Waals surface area (Å²) in [5.41, 5.74) is 0. The summed E-state index contributed by atoms with van der Waals surface area (Å²) in [6, 6.07) is 0. The summed E-state index contributed by atoms with van der Waals surface area (Å²) in [6.07, 6.45) is 4.59. The molecule has 8 heteroatoms. The van der Waals surface area contributed by atoms with Crippen molar-refractivity contribution < 1.29 is 13.2 Å². The van der Waals surface area contributed by atoms with Gasteiger partial charge >= 0.3 is 0 Å². The molecular formula is C16H34IN3O3S. The van der Waals surface area contributed by atoms with Crippen molar-refractivity contribution in [3.8, 4) is 0 Å². The number of sulfone groups is 1. The Labute approximate surface area is 164 Å². The molecule has 0 aromatic heterocycles. The molecule has 1 rings (SSSR count). The van der Waals surface area contributed by atoms with Gasteiger partial charge in [-0.15, -0.1) is 24.0 Å². The van der Waals surface area contributed by atoms with Gasteiger partial charge in [0.1, 0.15) is 0 Å². The molecule has 0 atom stereocenters. The van der Waals surface area contributed by atoms with Crippen LogP contribution < -0.4 is 10.6 Å². The van der Waals surface area contributed by atoms with Crippen LogP contribution in [-0.4, -0.2) is 58.2 Å². The Balaban J connectivity index is 0.00000529. The van der Waals surface area contributed by atoms with Crippen molar-refractivity contribution in [3.63, 3.8) is 0 Å². The van der Waals surface area contributed by atoms with Crippen molar-refractivity contribution in [1.82, 2.24) is 10.6 Å². The van der Waals surface area contributed by atoms with Gasteiger partial charge in [0, 0.05) is 32.6 Å². The second-order valence-corrected chi connectivity index (χ2v) is 8.74. The zero-order valence-corrected chi connectivity index (χ0v) is 18.6. The fourth-order valence-electron chi connectivity index (χ4n) is 2.77. The van der Waals surface area contributed by atoms with E-state index in [1.54, 1.807) is 0 Å². The molecule has 0 unspecified atom stereocenters. The van der Waals surface area contributed by atoms with E-state index in [-0.39, 0.29) is 30.5 Å². The second-order valence-electron chi connectivity index (χ2n) is 6.33. The number of aliphatic imine (C=N–C) groups is 1. The third-order valence-corrected chi connectivity index (χ3v) is 6.88. The maximum absolute atomic E-state index is 12.3. The van der Waals surface area contributed by atoms with E-state index in [0.717, 1.165) is 25.9 Å². The molecule has 1 aliphatic rings. The second kappa shape index (κ2) is 11.5. The Morgan fingerprint density at radius 2 is 1.75 bits per heavy atom. The van der Waals surface area contributed by atoms with E-state index in [4.69, 9.17) is 4.74 Å². The molecule has 0 amide bonds. The summed E-state index contributed by atoms with van der Waals surface area (Å²) in [4.78, 5) is 4.58. The molecule has 1 saturated heterocycles. The summed E-state index contributed by atoms with van der Waals surface area (Å²) in [7, 11) is -3.18. The highest BCUT2D eigenvalue weighted by Crippen LogP contribution is 2.29. The number of nitrogens with zero attached hydrogens (tertiary/aromatic N) is 1. The average Bonchev–Trinajstić information content (AvgIpc) is 2.53. The van der Waals surface area contributed by atoms with Gasteiger partial charge in [-0.3, -0.25) is 4.99 Å². The lowest BCUT2D eigenvalue weighted by molar-refractivity contribution is 0.0768. The Morgan fingerprint density at radius 1 is 1.17 bits per heavy atom. The lowest BCUT2D eigenvalue weighted by atomic mass is 9.99. The molecule has 1 heterocycles. The lowest BCUT2D eigenvalue weighted by Gasteiger charge is -2.34. The van der Waals surface area contributed by atoms with E-state index in [9.17, 15) is 8.42 Å². The Kier molecular flexibility index (Phi) is 11.5.